The van der Waals surface area contributed by atoms with E-state index in [-0.39, 0.29) is 0 Å². The molecule has 0 unspecified atom stereocenters. The Morgan fingerprint density at radius 1 is 1.44 bits per heavy atom. The third-order valence-corrected chi connectivity index (χ3v) is 3.24. The third kappa shape index (κ3) is 2.23. The number of aromatic nitrogens is 1. The molecule has 0 atom stereocenters. The molecule has 0 aliphatic heterocycles. The largest absolute Gasteiger partial charge is 0.497 e. The highest BCUT2D eigenvalue weighted by atomic mass is 32.1. The number of nitrogens with zero attached hydrogens (tertiary/aromatic N) is 1. The lowest BCUT2D eigenvalue weighted by atomic mass is 10.1. The van der Waals surface area contributed by atoms with Gasteiger partial charge in [0.25, 0.3) is 0 Å². The van der Waals surface area contributed by atoms with Gasteiger partial charge in [-0.1, -0.05) is 12.1 Å². The predicted octanol–water partition coefficient (Wildman–Crippen LogP) is 2.54. The van der Waals surface area contributed by atoms with Crippen molar-refractivity contribution in [3.63, 3.8) is 0 Å². The fraction of sp³-hybridized carbons (Fsp3) is 0.250. The van der Waals surface area contributed by atoms with Crippen molar-refractivity contribution in [3.05, 3.63) is 35.5 Å². The molecular weight excluding hydrogens is 220 g/mol. The summed E-state index contributed by atoms with van der Waals surface area (Å²) >= 11 is 1.66. The Morgan fingerprint density at radius 2 is 2.31 bits per heavy atom. The monoisotopic (exact) mass is 234 g/mol. The maximum atomic E-state index is 5.22. The van der Waals surface area contributed by atoms with Gasteiger partial charge >= 0.3 is 0 Å². The molecule has 84 valence electrons. The van der Waals surface area contributed by atoms with Crippen molar-refractivity contribution in [1.29, 1.82) is 0 Å². The minimum atomic E-state index is 0.788. The molecule has 0 amide bonds. The summed E-state index contributed by atoms with van der Waals surface area (Å²) in [6.45, 7) is 0.788. The van der Waals surface area contributed by atoms with E-state index in [2.05, 4.69) is 16.4 Å². The maximum absolute atomic E-state index is 5.22. The summed E-state index contributed by atoms with van der Waals surface area (Å²) in [5.74, 6) is 0.876. The zero-order chi connectivity index (χ0) is 11.4. The smallest absolute Gasteiger partial charge is 0.119 e. The third-order valence-electron chi connectivity index (χ3n) is 2.32. The van der Waals surface area contributed by atoms with Crippen LogP contribution in [0.15, 0.2) is 29.8 Å². The van der Waals surface area contributed by atoms with Crippen LogP contribution in [0, 0.1) is 0 Å². The molecule has 0 fully saturated rings. The average molecular weight is 234 g/mol. The van der Waals surface area contributed by atoms with Crippen molar-refractivity contribution in [2.45, 2.75) is 6.54 Å². The molecule has 0 spiro atoms. The van der Waals surface area contributed by atoms with Gasteiger partial charge in [0.2, 0.25) is 0 Å². The topological polar surface area (TPSA) is 34.2 Å². The Morgan fingerprint density at radius 3 is 3.06 bits per heavy atom. The highest BCUT2D eigenvalue weighted by Gasteiger charge is 2.08. The molecule has 2 aromatic rings. The molecule has 0 aliphatic rings. The minimum absolute atomic E-state index is 0.788. The van der Waals surface area contributed by atoms with Crippen molar-refractivity contribution >= 4 is 11.3 Å². The zero-order valence-electron chi connectivity index (χ0n) is 9.36. The van der Waals surface area contributed by atoms with Crippen molar-refractivity contribution in [2.75, 3.05) is 14.2 Å². The average Bonchev–Trinajstić information content (AvgIpc) is 2.78. The highest BCUT2D eigenvalue weighted by molar-refractivity contribution is 7.13. The molecule has 0 aliphatic carbocycles. The number of rotatable bonds is 4. The van der Waals surface area contributed by atoms with Crippen LogP contribution >= 0.6 is 11.3 Å². The normalized spacial score (nSPS) is 10.4. The van der Waals surface area contributed by atoms with E-state index in [1.807, 2.05) is 30.8 Å². The lowest BCUT2D eigenvalue weighted by Gasteiger charge is -2.04. The fourth-order valence-corrected chi connectivity index (χ4v) is 2.37. The van der Waals surface area contributed by atoms with Crippen LogP contribution in [0.2, 0.25) is 0 Å². The first kappa shape index (κ1) is 11.1. The summed E-state index contributed by atoms with van der Waals surface area (Å²) in [5, 5.41) is 3.12. The van der Waals surface area contributed by atoms with Crippen molar-refractivity contribution in [2.24, 2.45) is 0 Å². The van der Waals surface area contributed by atoms with Gasteiger partial charge in [-0.3, -0.25) is 0 Å². The van der Waals surface area contributed by atoms with Gasteiger partial charge in [0.1, 0.15) is 5.75 Å². The number of ether oxygens (including phenoxy) is 1. The van der Waals surface area contributed by atoms with Crippen LogP contribution in [0.1, 0.15) is 5.69 Å². The van der Waals surface area contributed by atoms with Crippen molar-refractivity contribution in [3.8, 4) is 16.2 Å². The molecular formula is C12H14N2OS. The van der Waals surface area contributed by atoms with Gasteiger partial charge in [0.05, 0.1) is 23.2 Å². The van der Waals surface area contributed by atoms with Crippen LogP contribution < -0.4 is 10.1 Å². The van der Waals surface area contributed by atoms with Crippen LogP contribution in [0.3, 0.4) is 0 Å². The Balaban J connectivity index is 2.37. The molecule has 16 heavy (non-hydrogen) atoms. The lowest BCUT2D eigenvalue weighted by Crippen LogP contribution is -2.06. The van der Waals surface area contributed by atoms with Crippen LogP contribution in [0.25, 0.3) is 10.4 Å². The van der Waals surface area contributed by atoms with E-state index < -0.39 is 0 Å². The summed E-state index contributed by atoms with van der Waals surface area (Å²) in [5.41, 5.74) is 4.12. The Labute approximate surface area is 99.1 Å². The summed E-state index contributed by atoms with van der Waals surface area (Å²) < 4.78 is 5.22. The first-order chi connectivity index (χ1) is 7.85. The van der Waals surface area contributed by atoms with E-state index in [1.54, 1.807) is 18.4 Å². The maximum Gasteiger partial charge on any atom is 0.119 e. The Bertz CT molecular complexity index is 468. The van der Waals surface area contributed by atoms with Gasteiger partial charge in [-0.25, -0.2) is 4.98 Å². The first-order valence-electron chi connectivity index (χ1n) is 5.06. The number of thiazole rings is 1. The summed E-state index contributed by atoms with van der Waals surface area (Å²) in [6.07, 6.45) is 0. The minimum Gasteiger partial charge on any atom is -0.497 e. The molecule has 0 bridgehead atoms. The quantitative estimate of drug-likeness (QED) is 0.882. The second-order valence-corrected chi connectivity index (χ2v) is 4.25. The SMILES string of the molecule is CNCc1ncsc1-c1cccc(OC)c1. The summed E-state index contributed by atoms with van der Waals surface area (Å²) in [4.78, 5) is 5.56. The zero-order valence-corrected chi connectivity index (χ0v) is 10.2. The van der Waals surface area contributed by atoms with Gasteiger partial charge in [0.15, 0.2) is 0 Å². The molecule has 4 heteroatoms. The van der Waals surface area contributed by atoms with Crippen LogP contribution in [-0.4, -0.2) is 19.1 Å². The molecule has 1 aromatic heterocycles. The van der Waals surface area contributed by atoms with Gasteiger partial charge in [-0.2, -0.15) is 0 Å². The first-order valence-corrected chi connectivity index (χ1v) is 5.94. The second-order valence-electron chi connectivity index (χ2n) is 3.39. The van der Waals surface area contributed by atoms with Gasteiger partial charge < -0.3 is 10.1 Å². The molecule has 1 N–H and O–H groups in total. The molecule has 3 nitrogen and oxygen atoms in total. The van der Waals surface area contributed by atoms with Crippen LogP contribution in [-0.2, 0) is 6.54 Å². The Kier molecular flexibility index (Phi) is 3.54. The van der Waals surface area contributed by atoms with Crippen molar-refractivity contribution < 1.29 is 4.74 Å². The molecule has 1 heterocycles. The Hall–Kier alpha value is -1.39. The molecule has 2 rings (SSSR count). The van der Waals surface area contributed by atoms with E-state index in [1.165, 1.54) is 4.88 Å². The van der Waals surface area contributed by atoms with Gasteiger partial charge in [0, 0.05) is 6.54 Å². The van der Waals surface area contributed by atoms with E-state index in [4.69, 9.17) is 4.74 Å². The lowest BCUT2D eigenvalue weighted by molar-refractivity contribution is 0.415. The standard InChI is InChI=1S/C12H14N2OS/c1-13-7-11-12(16-8-14-11)9-4-3-5-10(6-9)15-2/h3-6,8,13H,7H2,1-2H3. The molecule has 0 saturated carbocycles. The number of methoxy groups -OCH3 is 1. The van der Waals surface area contributed by atoms with Crippen LogP contribution in [0.5, 0.6) is 5.75 Å². The summed E-state index contributed by atoms with van der Waals surface area (Å²) in [6, 6.07) is 8.06. The highest BCUT2D eigenvalue weighted by Crippen LogP contribution is 2.29. The number of benzene rings is 1. The number of hydrogen-bond acceptors (Lipinski definition) is 4. The van der Waals surface area contributed by atoms with Gasteiger partial charge in [-0.15, -0.1) is 11.3 Å². The second kappa shape index (κ2) is 5.09. The van der Waals surface area contributed by atoms with E-state index >= 15 is 0 Å². The van der Waals surface area contributed by atoms with Crippen LogP contribution in [0.4, 0.5) is 0 Å². The fourth-order valence-electron chi connectivity index (χ4n) is 1.56. The molecule has 0 radical (unpaired) electrons. The van der Waals surface area contributed by atoms with E-state index in [0.717, 1.165) is 23.6 Å². The molecule has 1 aromatic carbocycles. The predicted molar refractivity (Wildman–Crippen MR) is 66.9 cm³/mol. The number of hydrogen-bond donors (Lipinski definition) is 1. The molecule has 0 saturated heterocycles. The number of nitrogens with one attached hydrogen (secondary N) is 1. The van der Waals surface area contributed by atoms with E-state index in [9.17, 15) is 0 Å². The van der Waals surface area contributed by atoms with Crippen molar-refractivity contribution in [1.82, 2.24) is 10.3 Å². The summed E-state index contributed by atoms with van der Waals surface area (Å²) in [7, 11) is 3.61. The van der Waals surface area contributed by atoms with E-state index in [0.29, 0.717) is 0 Å². The van der Waals surface area contributed by atoms with Gasteiger partial charge in [-0.05, 0) is 24.7 Å².